The van der Waals surface area contributed by atoms with Crippen LogP contribution in [0.15, 0.2) is 35.8 Å². The van der Waals surface area contributed by atoms with Gasteiger partial charge in [-0.1, -0.05) is 12.1 Å². The van der Waals surface area contributed by atoms with Crippen LogP contribution in [0, 0.1) is 5.92 Å². The summed E-state index contributed by atoms with van der Waals surface area (Å²) in [6.07, 6.45) is 4.35. The molecule has 2 aromatic rings. The zero-order valence-electron chi connectivity index (χ0n) is 15.6. The molecular formula is C20H25N3O4S. The second-order valence-electron chi connectivity index (χ2n) is 7.07. The topological polar surface area (TPSA) is 106 Å². The van der Waals surface area contributed by atoms with Crippen molar-refractivity contribution in [3.8, 4) is 5.75 Å². The third-order valence-corrected chi connectivity index (χ3v) is 5.86. The zero-order valence-corrected chi connectivity index (χ0v) is 16.4. The van der Waals surface area contributed by atoms with Gasteiger partial charge in [0, 0.05) is 30.6 Å². The monoisotopic (exact) mass is 403 g/mol. The van der Waals surface area contributed by atoms with Gasteiger partial charge in [0.05, 0.1) is 18.0 Å². The van der Waals surface area contributed by atoms with Crippen LogP contribution in [0.25, 0.3) is 0 Å². The van der Waals surface area contributed by atoms with Crippen molar-refractivity contribution in [3.05, 3.63) is 46.4 Å². The van der Waals surface area contributed by atoms with E-state index in [1.165, 1.54) is 0 Å². The predicted octanol–water partition coefficient (Wildman–Crippen LogP) is 2.94. The number of ether oxygens (including phenoxy) is 1. The molecule has 0 radical (unpaired) electrons. The van der Waals surface area contributed by atoms with Crippen molar-refractivity contribution in [3.63, 3.8) is 0 Å². The second kappa shape index (κ2) is 9.54. The minimum atomic E-state index is -0.854. The average molecular weight is 404 g/mol. The quantitative estimate of drug-likeness (QED) is 0.705. The fraction of sp³-hybridized carbons (Fsp3) is 0.450. The molecule has 2 heterocycles. The van der Waals surface area contributed by atoms with E-state index in [0.29, 0.717) is 25.5 Å². The van der Waals surface area contributed by atoms with E-state index in [0.717, 1.165) is 35.6 Å². The normalized spacial score (nSPS) is 19.4. The van der Waals surface area contributed by atoms with Gasteiger partial charge in [-0.05, 0) is 42.9 Å². The molecule has 1 fully saturated rings. The van der Waals surface area contributed by atoms with Crippen LogP contribution in [0.4, 0.5) is 4.79 Å². The van der Waals surface area contributed by atoms with Crippen molar-refractivity contribution >= 4 is 23.3 Å². The second-order valence-corrected chi connectivity index (χ2v) is 8.05. The molecule has 1 aromatic carbocycles. The number of likely N-dealkylation sites (tertiary alicyclic amines) is 1. The van der Waals surface area contributed by atoms with E-state index in [-0.39, 0.29) is 18.4 Å². The summed E-state index contributed by atoms with van der Waals surface area (Å²) in [5.41, 5.74) is 6.06. The van der Waals surface area contributed by atoms with E-state index in [1.807, 2.05) is 29.6 Å². The Hall–Kier alpha value is -2.61. The van der Waals surface area contributed by atoms with Gasteiger partial charge in [0.1, 0.15) is 5.75 Å². The molecule has 0 saturated carbocycles. The Morgan fingerprint density at radius 2 is 2.11 bits per heavy atom. The highest BCUT2D eigenvalue weighted by Crippen LogP contribution is 2.28. The third-order valence-electron chi connectivity index (χ3n) is 5.06. The van der Waals surface area contributed by atoms with Crippen LogP contribution < -0.4 is 10.5 Å². The lowest BCUT2D eigenvalue weighted by Gasteiger charge is -2.37. The highest BCUT2D eigenvalue weighted by atomic mass is 32.1. The molecule has 1 aliphatic rings. The van der Waals surface area contributed by atoms with Crippen LogP contribution in [0.2, 0.25) is 0 Å². The van der Waals surface area contributed by atoms with E-state index in [4.69, 9.17) is 10.5 Å². The number of thiazole rings is 1. The van der Waals surface area contributed by atoms with Gasteiger partial charge in [0.25, 0.3) is 0 Å². The Morgan fingerprint density at radius 3 is 2.75 bits per heavy atom. The summed E-state index contributed by atoms with van der Waals surface area (Å²) in [5, 5.41) is 12.4. The van der Waals surface area contributed by atoms with Crippen molar-refractivity contribution in [2.45, 2.75) is 38.1 Å². The molecule has 0 aliphatic carbocycles. The highest BCUT2D eigenvalue weighted by molar-refractivity contribution is 7.09. The number of hydrogen-bond donors (Lipinski definition) is 2. The number of piperidine rings is 1. The SMILES string of the molecule is NC(=O)Cc1ccc(OCCC2CCN(C(=O)O)C(Cc3nccs3)C2)cc1. The van der Waals surface area contributed by atoms with Crippen molar-refractivity contribution in [2.75, 3.05) is 13.2 Å². The summed E-state index contributed by atoms with van der Waals surface area (Å²) in [5.74, 6) is 0.832. The number of carbonyl (C=O) groups excluding carboxylic acids is 1. The van der Waals surface area contributed by atoms with E-state index in [9.17, 15) is 14.7 Å². The number of aromatic nitrogens is 1. The maximum absolute atomic E-state index is 11.5. The first kappa shape index (κ1) is 20.1. The number of carboxylic acid groups (broad SMARTS) is 1. The largest absolute Gasteiger partial charge is 0.494 e. The number of amides is 2. The molecular weight excluding hydrogens is 378 g/mol. The van der Waals surface area contributed by atoms with Crippen molar-refractivity contribution in [1.82, 2.24) is 9.88 Å². The summed E-state index contributed by atoms with van der Waals surface area (Å²) >= 11 is 1.57. The van der Waals surface area contributed by atoms with Gasteiger partial charge < -0.3 is 20.5 Å². The van der Waals surface area contributed by atoms with E-state index in [1.54, 1.807) is 22.4 Å². The zero-order chi connectivity index (χ0) is 19.9. The van der Waals surface area contributed by atoms with Crippen LogP contribution in [0.3, 0.4) is 0 Å². The van der Waals surface area contributed by atoms with Gasteiger partial charge in [-0.2, -0.15) is 0 Å². The number of rotatable bonds is 8. The first-order valence-electron chi connectivity index (χ1n) is 9.39. The molecule has 8 heteroatoms. The molecule has 28 heavy (non-hydrogen) atoms. The molecule has 0 bridgehead atoms. The van der Waals surface area contributed by atoms with Gasteiger partial charge in [-0.25, -0.2) is 9.78 Å². The summed E-state index contributed by atoms with van der Waals surface area (Å²) in [6.45, 7) is 1.13. The van der Waals surface area contributed by atoms with Crippen LogP contribution in [-0.2, 0) is 17.6 Å². The molecule has 1 saturated heterocycles. The van der Waals surface area contributed by atoms with Crippen molar-refractivity contribution in [1.29, 1.82) is 0 Å². The lowest BCUT2D eigenvalue weighted by molar-refractivity contribution is -0.117. The molecule has 3 N–H and O–H groups in total. The maximum atomic E-state index is 11.5. The van der Waals surface area contributed by atoms with Gasteiger partial charge in [0.15, 0.2) is 0 Å². The smallest absolute Gasteiger partial charge is 0.407 e. The van der Waals surface area contributed by atoms with Crippen LogP contribution in [-0.4, -0.2) is 46.2 Å². The van der Waals surface area contributed by atoms with Gasteiger partial charge >= 0.3 is 6.09 Å². The third kappa shape index (κ3) is 5.69. The molecule has 1 aromatic heterocycles. The Balaban J connectivity index is 1.49. The van der Waals surface area contributed by atoms with Crippen LogP contribution >= 0.6 is 11.3 Å². The number of benzene rings is 1. The van der Waals surface area contributed by atoms with Crippen molar-refractivity contribution in [2.24, 2.45) is 11.7 Å². The Morgan fingerprint density at radius 1 is 1.32 bits per heavy atom. The highest BCUT2D eigenvalue weighted by Gasteiger charge is 2.32. The lowest BCUT2D eigenvalue weighted by Crippen LogP contribution is -2.46. The number of nitrogens with zero attached hydrogens (tertiary/aromatic N) is 2. The van der Waals surface area contributed by atoms with Gasteiger partial charge in [-0.15, -0.1) is 11.3 Å². The van der Waals surface area contributed by atoms with Crippen LogP contribution in [0.5, 0.6) is 5.75 Å². The minimum absolute atomic E-state index is 0.0320. The van der Waals surface area contributed by atoms with Gasteiger partial charge in [0.2, 0.25) is 5.91 Å². The average Bonchev–Trinajstić information content (AvgIpc) is 3.16. The molecule has 0 spiro atoms. The number of primary amides is 1. The first-order valence-corrected chi connectivity index (χ1v) is 10.3. The summed E-state index contributed by atoms with van der Waals surface area (Å²) in [7, 11) is 0. The molecule has 2 unspecified atom stereocenters. The molecule has 3 rings (SSSR count). The number of nitrogens with two attached hydrogens (primary N) is 1. The standard InChI is InChI=1S/C20H25N3O4S/c21-18(24)12-14-1-3-17(4-2-14)27-9-6-15-5-8-23(20(25)26)16(11-15)13-19-22-7-10-28-19/h1-4,7,10,15-16H,5-6,8-9,11-13H2,(H2,21,24)(H,25,26). The summed E-state index contributed by atoms with van der Waals surface area (Å²) in [6, 6.07) is 7.34. The Bertz CT molecular complexity index is 779. The lowest BCUT2D eigenvalue weighted by atomic mass is 9.87. The fourth-order valence-corrected chi connectivity index (χ4v) is 4.33. The molecule has 2 amide bonds. The predicted molar refractivity (Wildman–Crippen MR) is 107 cm³/mol. The minimum Gasteiger partial charge on any atom is -0.494 e. The summed E-state index contributed by atoms with van der Waals surface area (Å²) < 4.78 is 5.83. The fourth-order valence-electron chi connectivity index (χ4n) is 3.65. The Labute approximate surface area is 168 Å². The first-order chi connectivity index (χ1) is 13.5. The van der Waals surface area contributed by atoms with Crippen molar-refractivity contribution < 1.29 is 19.4 Å². The van der Waals surface area contributed by atoms with Crippen LogP contribution in [0.1, 0.15) is 29.8 Å². The molecule has 2 atom stereocenters. The van der Waals surface area contributed by atoms with E-state index >= 15 is 0 Å². The molecule has 1 aliphatic heterocycles. The molecule has 150 valence electrons. The number of hydrogen-bond acceptors (Lipinski definition) is 5. The number of carbonyl (C=O) groups is 2. The van der Waals surface area contributed by atoms with E-state index < -0.39 is 6.09 Å². The summed E-state index contributed by atoms with van der Waals surface area (Å²) in [4.78, 5) is 28.3. The van der Waals surface area contributed by atoms with E-state index in [2.05, 4.69) is 4.98 Å². The maximum Gasteiger partial charge on any atom is 0.407 e. The Kier molecular flexibility index (Phi) is 6.86. The van der Waals surface area contributed by atoms with Gasteiger partial charge in [-0.3, -0.25) is 4.79 Å². The molecule has 7 nitrogen and oxygen atoms in total.